The summed E-state index contributed by atoms with van der Waals surface area (Å²) >= 11 is 5.84. The van der Waals surface area contributed by atoms with E-state index in [-0.39, 0.29) is 5.82 Å². The van der Waals surface area contributed by atoms with Gasteiger partial charge < -0.3 is 9.26 Å². The maximum Gasteiger partial charge on any atom is 0.230 e. The van der Waals surface area contributed by atoms with Crippen LogP contribution in [0.25, 0.3) is 11.4 Å². The van der Waals surface area contributed by atoms with Gasteiger partial charge in [0.15, 0.2) is 0 Å². The van der Waals surface area contributed by atoms with E-state index < -0.39 is 0 Å². The van der Waals surface area contributed by atoms with Crippen molar-refractivity contribution in [3.63, 3.8) is 0 Å². The molecule has 22 heavy (non-hydrogen) atoms. The second-order valence-electron chi connectivity index (χ2n) is 4.57. The predicted molar refractivity (Wildman–Crippen MR) is 80.3 cm³/mol. The van der Waals surface area contributed by atoms with Crippen molar-refractivity contribution in [2.75, 3.05) is 6.61 Å². The second kappa shape index (κ2) is 6.58. The minimum atomic E-state index is -0.295. The fourth-order valence-electron chi connectivity index (χ4n) is 1.86. The zero-order chi connectivity index (χ0) is 15.4. The molecule has 6 heteroatoms. The van der Waals surface area contributed by atoms with Crippen LogP contribution < -0.4 is 4.74 Å². The first-order chi connectivity index (χ1) is 10.7. The van der Waals surface area contributed by atoms with Crippen LogP contribution >= 0.6 is 11.6 Å². The van der Waals surface area contributed by atoms with Gasteiger partial charge in [-0.1, -0.05) is 16.8 Å². The van der Waals surface area contributed by atoms with Gasteiger partial charge in [-0.25, -0.2) is 4.39 Å². The number of nitrogens with zero attached hydrogens (tertiary/aromatic N) is 2. The first-order valence-electron chi connectivity index (χ1n) is 6.67. The van der Waals surface area contributed by atoms with Crippen LogP contribution in [0.3, 0.4) is 0 Å². The highest BCUT2D eigenvalue weighted by Crippen LogP contribution is 2.19. The minimum Gasteiger partial charge on any atom is -0.493 e. The Bertz CT molecular complexity index is 742. The molecule has 0 atom stereocenters. The van der Waals surface area contributed by atoms with Crippen molar-refractivity contribution in [2.45, 2.75) is 6.42 Å². The summed E-state index contributed by atoms with van der Waals surface area (Å²) in [6, 6.07) is 13.0. The van der Waals surface area contributed by atoms with E-state index in [0.717, 1.165) is 5.56 Å². The van der Waals surface area contributed by atoms with Gasteiger partial charge in [-0.2, -0.15) is 4.98 Å². The fraction of sp³-hybridized carbons (Fsp3) is 0.125. The Labute approximate surface area is 131 Å². The van der Waals surface area contributed by atoms with Gasteiger partial charge >= 0.3 is 0 Å². The lowest BCUT2D eigenvalue weighted by Gasteiger charge is -2.03. The van der Waals surface area contributed by atoms with E-state index in [1.807, 2.05) is 12.1 Å². The molecule has 0 N–H and O–H groups in total. The third kappa shape index (κ3) is 3.62. The average Bonchev–Trinajstić information content (AvgIpc) is 2.99. The number of rotatable bonds is 5. The molecule has 0 fully saturated rings. The summed E-state index contributed by atoms with van der Waals surface area (Å²) in [5.41, 5.74) is 0.832. The van der Waals surface area contributed by atoms with Crippen molar-refractivity contribution >= 4 is 11.6 Å². The summed E-state index contributed by atoms with van der Waals surface area (Å²) in [7, 11) is 0. The number of halogens is 2. The Balaban J connectivity index is 1.57. The summed E-state index contributed by atoms with van der Waals surface area (Å²) in [6.07, 6.45) is 0.470. The van der Waals surface area contributed by atoms with Crippen molar-refractivity contribution < 1.29 is 13.7 Å². The van der Waals surface area contributed by atoms with Crippen LogP contribution in [0.5, 0.6) is 5.75 Å². The molecule has 0 aliphatic rings. The summed E-state index contributed by atoms with van der Waals surface area (Å²) in [4.78, 5) is 4.29. The quantitative estimate of drug-likeness (QED) is 0.709. The monoisotopic (exact) mass is 318 g/mol. The smallest absolute Gasteiger partial charge is 0.230 e. The number of hydrogen-bond donors (Lipinski definition) is 0. The number of hydrogen-bond acceptors (Lipinski definition) is 4. The first kappa shape index (κ1) is 14.5. The maximum absolute atomic E-state index is 12.8. The Morgan fingerprint density at radius 1 is 1.05 bits per heavy atom. The Morgan fingerprint density at radius 3 is 2.50 bits per heavy atom. The molecule has 1 heterocycles. The molecule has 4 nitrogen and oxygen atoms in total. The van der Waals surface area contributed by atoms with Crippen LogP contribution in [-0.2, 0) is 6.42 Å². The molecule has 0 unspecified atom stereocenters. The van der Waals surface area contributed by atoms with Crippen LogP contribution in [0.4, 0.5) is 4.39 Å². The van der Waals surface area contributed by atoms with Crippen LogP contribution in [0, 0.1) is 5.82 Å². The topological polar surface area (TPSA) is 48.2 Å². The van der Waals surface area contributed by atoms with E-state index in [2.05, 4.69) is 10.1 Å². The van der Waals surface area contributed by atoms with Gasteiger partial charge in [0.25, 0.3) is 0 Å². The largest absolute Gasteiger partial charge is 0.493 e. The lowest BCUT2D eigenvalue weighted by Crippen LogP contribution is -2.01. The lowest BCUT2D eigenvalue weighted by molar-refractivity contribution is 0.292. The fourth-order valence-corrected chi connectivity index (χ4v) is 1.99. The van der Waals surface area contributed by atoms with E-state index in [1.54, 1.807) is 24.3 Å². The standard InChI is InChI=1S/C16H12ClFN2O2/c17-12-3-1-11(2-4-12)16-19-15(22-20-16)9-10-21-14-7-5-13(18)6-8-14/h1-8H,9-10H2. The van der Waals surface area contributed by atoms with E-state index in [0.29, 0.717) is 35.5 Å². The van der Waals surface area contributed by atoms with Crippen molar-refractivity contribution in [2.24, 2.45) is 0 Å². The number of ether oxygens (including phenoxy) is 1. The molecule has 0 saturated carbocycles. The molecule has 0 bridgehead atoms. The van der Waals surface area contributed by atoms with Gasteiger partial charge in [-0.05, 0) is 48.5 Å². The minimum absolute atomic E-state index is 0.295. The van der Waals surface area contributed by atoms with E-state index >= 15 is 0 Å². The third-order valence-corrected chi connectivity index (χ3v) is 3.22. The first-order valence-corrected chi connectivity index (χ1v) is 7.05. The van der Waals surface area contributed by atoms with Gasteiger partial charge in [0.1, 0.15) is 11.6 Å². The molecular formula is C16H12ClFN2O2. The van der Waals surface area contributed by atoms with Gasteiger partial charge in [-0.3, -0.25) is 0 Å². The molecule has 0 amide bonds. The van der Waals surface area contributed by atoms with Crippen LogP contribution in [0.2, 0.25) is 5.02 Å². The molecule has 1 aromatic heterocycles. The number of benzene rings is 2. The molecule has 112 valence electrons. The zero-order valence-corrected chi connectivity index (χ0v) is 12.3. The normalized spacial score (nSPS) is 10.6. The van der Waals surface area contributed by atoms with Gasteiger partial charge in [-0.15, -0.1) is 0 Å². The Hall–Kier alpha value is -2.40. The molecule has 0 saturated heterocycles. The molecule has 0 spiro atoms. The molecular weight excluding hydrogens is 307 g/mol. The van der Waals surface area contributed by atoms with E-state index in [1.165, 1.54) is 12.1 Å². The van der Waals surface area contributed by atoms with Gasteiger partial charge in [0, 0.05) is 10.6 Å². The zero-order valence-electron chi connectivity index (χ0n) is 11.5. The summed E-state index contributed by atoms with van der Waals surface area (Å²) < 4.78 is 23.4. The van der Waals surface area contributed by atoms with Crippen molar-refractivity contribution in [1.82, 2.24) is 10.1 Å². The highest BCUT2D eigenvalue weighted by molar-refractivity contribution is 6.30. The molecule has 0 aliphatic carbocycles. The van der Waals surface area contributed by atoms with Crippen molar-refractivity contribution in [3.05, 3.63) is 65.3 Å². The molecule has 2 aromatic carbocycles. The maximum atomic E-state index is 12.8. The Kier molecular flexibility index (Phi) is 4.34. The third-order valence-electron chi connectivity index (χ3n) is 2.97. The SMILES string of the molecule is Fc1ccc(OCCc2nc(-c3ccc(Cl)cc3)no2)cc1. The molecule has 0 aliphatic heterocycles. The lowest BCUT2D eigenvalue weighted by atomic mass is 10.2. The number of aromatic nitrogens is 2. The van der Waals surface area contributed by atoms with Crippen LogP contribution in [-0.4, -0.2) is 16.7 Å². The highest BCUT2D eigenvalue weighted by Gasteiger charge is 2.08. The summed E-state index contributed by atoms with van der Waals surface area (Å²) in [5, 5.41) is 4.57. The second-order valence-corrected chi connectivity index (χ2v) is 5.01. The Morgan fingerprint density at radius 2 is 1.77 bits per heavy atom. The molecule has 3 rings (SSSR count). The summed E-state index contributed by atoms with van der Waals surface area (Å²) in [6.45, 7) is 0.369. The van der Waals surface area contributed by atoms with Crippen LogP contribution in [0.15, 0.2) is 53.1 Å². The van der Waals surface area contributed by atoms with Crippen LogP contribution in [0.1, 0.15) is 5.89 Å². The van der Waals surface area contributed by atoms with Crippen molar-refractivity contribution in [3.8, 4) is 17.1 Å². The molecule has 3 aromatic rings. The van der Waals surface area contributed by atoms with Gasteiger partial charge in [0.05, 0.1) is 13.0 Å². The predicted octanol–water partition coefficient (Wildman–Crippen LogP) is 4.15. The average molecular weight is 319 g/mol. The van der Waals surface area contributed by atoms with E-state index in [9.17, 15) is 4.39 Å². The molecule has 0 radical (unpaired) electrons. The highest BCUT2D eigenvalue weighted by atomic mass is 35.5. The van der Waals surface area contributed by atoms with E-state index in [4.69, 9.17) is 20.9 Å². The van der Waals surface area contributed by atoms with Crippen molar-refractivity contribution in [1.29, 1.82) is 0 Å². The van der Waals surface area contributed by atoms with Gasteiger partial charge in [0.2, 0.25) is 11.7 Å². The summed E-state index contributed by atoms with van der Waals surface area (Å²) in [5.74, 6) is 1.29.